The predicted octanol–water partition coefficient (Wildman–Crippen LogP) is 2.80. The highest BCUT2D eigenvalue weighted by atomic mass is 16.5. The number of aromatic nitrogens is 1. The lowest BCUT2D eigenvalue weighted by Crippen LogP contribution is -2.32. The molecule has 19 heavy (non-hydrogen) atoms. The summed E-state index contributed by atoms with van der Waals surface area (Å²) >= 11 is 0. The van der Waals surface area contributed by atoms with Crippen LogP contribution in [0.1, 0.15) is 19.8 Å². The molecule has 1 aliphatic heterocycles. The van der Waals surface area contributed by atoms with Gasteiger partial charge in [-0.05, 0) is 31.9 Å². The van der Waals surface area contributed by atoms with Crippen LogP contribution < -0.4 is 11.1 Å². The minimum atomic E-state index is -0.0698. The van der Waals surface area contributed by atoms with E-state index < -0.39 is 0 Å². The molecule has 2 aromatic rings. The highest BCUT2D eigenvalue weighted by Crippen LogP contribution is 2.30. The first-order chi connectivity index (χ1) is 9.18. The number of ether oxygens (including phenoxy) is 1. The Bertz CT molecular complexity index is 591. The number of rotatable bonds is 3. The van der Waals surface area contributed by atoms with Crippen molar-refractivity contribution in [1.29, 1.82) is 0 Å². The minimum Gasteiger partial charge on any atom is -0.397 e. The van der Waals surface area contributed by atoms with Gasteiger partial charge >= 0.3 is 0 Å². The number of hydrogen-bond acceptors (Lipinski definition) is 4. The molecule has 4 heteroatoms. The highest BCUT2D eigenvalue weighted by molar-refractivity contribution is 5.98. The summed E-state index contributed by atoms with van der Waals surface area (Å²) in [5.74, 6) is 0. The van der Waals surface area contributed by atoms with E-state index in [9.17, 15) is 0 Å². The third kappa shape index (κ3) is 2.36. The van der Waals surface area contributed by atoms with Crippen LogP contribution in [0.25, 0.3) is 10.8 Å². The Morgan fingerprint density at radius 1 is 1.42 bits per heavy atom. The smallest absolute Gasteiger partial charge is 0.0826 e. The number of nitrogens with zero attached hydrogens (tertiary/aromatic N) is 1. The zero-order chi connectivity index (χ0) is 13.3. The van der Waals surface area contributed by atoms with Crippen molar-refractivity contribution in [1.82, 2.24) is 4.98 Å². The highest BCUT2D eigenvalue weighted by Gasteiger charge is 2.29. The van der Waals surface area contributed by atoms with Crippen LogP contribution in [0.5, 0.6) is 0 Å². The summed E-state index contributed by atoms with van der Waals surface area (Å²) in [4.78, 5) is 4.11. The van der Waals surface area contributed by atoms with E-state index in [2.05, 4.69) is 17.2 Å². The van der Waals surface area contributed by atoms with Crippen molar-refractivity contribution in [3.63, 3.8) is 0 Å². The number of fused-ring (bicyclic) bond motifs is 1. The lowest BCUT2D eigenvalue weighted by molar-refractivity contribution is 0.0315. The summed E-state index contributed by atoms with van der Waals surface area (Å²) in [6.07, 6.45) is 5.83. The Balaban J connectivity index is 1.83. The largest absolute Gasteiger partial charge is 0.397 e. The number of nitrogen functional groups attached to an aromatic ring is 1. The maximum Gasteiger partial charge on any atom is 0.0826 e. The molecule has 0 aliphatic carbocycles. The molecule has 3 rings (SSSR count). The van der Waals surface area contributed by atoms with Crippen LogP contribution in [-0.4, -0.2) is 23.7 Å². The van der Waals surface area contributed by atoms with E-state index in [0.717, 1.165) is 48.1 Å². The van der Waals surface area contributed by atoms with Gasteiger partial charge in [0.05, 0.1) is 17.0 Å². The van der Waals surface area contributed by atoms with Crippen LogP contribution in [0.3, 0.4) is 0 Å². The molecule has 2 heterocycles. The van der Waals surface area contributed by atoms with Gasteiger partial charge in [0.2, 0.25) is 0 Å². The van der Waals surface area contributed by atoms with E-state index in [1.807, 2.05) is 24.4 Å². The Morgan fingerprint density at radius 2 is 2.32 bits per heavy atom. The van der Waals surface area contributed by atoms with Crippen molar-refractivity contribution < 1.29 is 4.74 Å². The number of anilines is 2. The minimum absolute atomic E-state index is 0.0698. The number of nitrogens with two attached hydrogens (primary N) is 1. The lowest BCUT2D eigenvalue weighted by atomic mass is 10.0. The molecule has 1 atom stereocenters. The quantitative estimate of drug-likeness (QED) is 0.830. The molecular weight excluding hydrogens is 238 g/mol. The van der Waals surface area contributed by atoms with E-state index >= 15 is 0 Å². The van der Waals surface area contributed by atoms with Gasteiger partial charge in [0.1, 0.15) is 0 Å². The van der Waals surface area contributed by atoms with Gasteiger partial charge in [-0.3, -0.25) is 4.98 Å². The molecular formula is C15H19N3O. The van der Waals surface area contributed by atoms with Crippen LogP contribution in [-0.2, 0) is 4.74 Å². The van der Waals surface area contributed by atoms with Crippen molar-refractivity contribution in [3.05, 3.63) is 30.6 Å². The summed E-state index contributed by atoms with van der Waals surface area (Å²) in [6.45, 7) is 3.79. The Hall–Kier alpha value is -1.81. The van der Waals surface area contributed by atoms with E-state index in [1.54, 1.807) is 6.20 Å². The zero-order valence-electron chi connectivity index (χ0n) is 11.1. The van der Waals surface area contributed by atoms with E-state index in [0.29, 0.717) is 0 Å². The molecule has 1 unspecified atom stereocenters. The lowest BCUT2D eigenvalue weighted by Gasteiger charge is -2.24. The van der Waals surface area contributed by atoms with Crippen molar-refractivity contribution in [2.75, 3.05) is 24.2 Å². The molecule has 1 aromatic heterocycles. The normalized spacial score (nSPS) is 22.8. The maximum absolute atomic E-state index is 6.22. The molecule has 1 saturated heterocycles. The summed E-state index contributed by atoms with van der Waals surface area (Å²) < 4.78 is 5.78. The van der Waals surface area contributed by atoms with Crippen LogP contribution in [0.15, 0.2) is 30.6 Å². The fraction of sp³-hybridized carbons (Fsp3) is 0.400. The molecule has 4 nitrogen and oxygen atoms in total. The van der Waals surface area contributed by atoms with Crippen LogP contribution in [0, 0.1) is 0 Å². The van der Waals surface area contributed by atoms with E-state index in [-0.39, 0.29) is 5.60 Å². The molecule has 0 spiro atoms. The summed E-state index contributed by atoms with van der Waals surface area (Å²) in [5.41, 5.74) is 7.89. The molecule has 100 valence electrons. The Kier molecular flexibility index (Phi) is 3.03. The van der Waals surface area contributed by atoms with Crippen molar-refractivity contribution in [2.45, 2.75) is 25.4 Å². The van der Waals surface area contributed by atoms with E-state index in [1.165, 1.54) is 0 Å². The van der Waals surface area contributed by atoms with Crippen molar-refractivity contribution >= 4 is 22.1 Å². The summed E-state index contributed by atoms with van der Waals surface area (Å²) in [5, 5.41) is 5.52. The number of pyridine rings is 1. The first kappa shape index (κ1) is 12.2. The van der Waals surface area contributed by atoms with Crippen LogP contribution >= 0.6 is 0 Å². The first-order valence-electron chi connectivity index (χ1n) is 6.68. The van der Waals surface area contributed by atoms with Crippen molar-refractivity contribution in [3.8, 4) is 0 Å². The molecule has 0 amide bonds. The van der Waals surface area contributed by atoms with Gasteiger partial charge in [-0.1, -0.05) is 6.07 Å². The van der Waals surface area contributed by atoms with Gasteiger partial charge in [0.15, 0.2) is 0 Å². The molecule has 0 radical (unpaired) electrons. The monoisotopic (exact) mass is 257 g/mol. The third-order valence-corrected chi connectivity index (χ3v) is 3.82. The number of nitrogens with one attached hydrogen (secondary N) is 1. The topological polar surface area (TPSA) is 60.2 Å². The summed E-state index contributed by atoms with van der Waals surface area (Å²) in [6, 6.07) is 6.00. The zero-order valence-corrected chi connectivity index (χ0v) is 11.1. The van der Waals surface area contributed by atoms with Gasteiger partial charge < -0.3 is 15.8 Å². The summed E-state index contributed by atoms with van der Waals surface area (Å²) in [7, 11) is 0. The fourth-order valence-electron chi connectivity index (χ4n) is 2.61. The average molecular weight is 257 g/mol. The SMILES string of the molecule is CC1(CNc2ccc3cnccc3c2N)CCCO1. The molecule has 1 fully saturated rings. The average Bonchev–Trinajstić information content (AvgIpc) is 2.86. The van der Waals surface area contributed by atoms with Crippen LogP contribution in [0.4, 0.5) is 11.4 Å². The predicted molar refractivity (Wildman–Crippen MR) is 78.2 cm³/mol. The van der Waals surface area contributed by atoms with Crippen molar-refractivity contribution in [2.24, 2.45) is 0 Å². The van der Waals surface area contributed by atoms with Gasteiger partial charge in [-0.15, -0.1) is 0 Å². The molecule has 1 aliphatic rings. The second-order valence-electron chi connectivity index (χ2n) is 5.38. The second-order valence-corrected chi connectivity index (χ2v) is 5.38. The maximum atomic E-state index is 6.22. The van der Waals surface area contributed by atoms with Gasteiger partial charge in [0, 0.05) is 36.3 Å². The first-order valence-corrected chi connectivity index (χ1v) is 6.68. The third-order valence-electron chi connectivity index (χ3n) is 3.82. The Morgan fingerprint density at radius 3 is 3.11 bits per heavy atom. The Labute approximate surface area is 113 Å². The van der Waals surface area contributed by atoms with E-state index in [4.69, 9.17) is 10.5 Å². The molecule has 0 bridgehead atoms. The van der Waals surface area contributed by atoms with Gasteiger partial charge in [-0.25, -0.2) is 0 Å². The van der Waals surface area contributed by atoms with Gasteiger partial charge in [-0.2, -0.15) is 0 Å². The van der Waals surface area contributed by atoms with Crippen LogP contribution in [0.2, 0.25) is 0 Å². The molecule has 3 N–H and O–H groups in total. The second kappa shape index (κ2) is 4.70. The van der Waals surface area contributed by atoms with Gasteiger partial charge in [0.25, 0.3) is 0 Å². The number of hydrogen-bond donors (Lipinski definition) is 2. The number of benzene rings is 1. The fourth-order valence-corrected chi connectivity index (χ4v) is 2.61. The molecule has 1 aromatic carbocycles. The molecule has 0 saturated carbocycles. The standard InChI is InChI=1S/C15H19N3O/c1-15(6-2-8-19-15)10-18-13-4-3-11-9-17-7-5-12(11)14(13)16/h3-5,7,9,18H,2,6,8,10,16H2,1H3.